The molecule has 0 radical (unpaired) electrons. The lowest BCUT2D eigenvalue weighted by molar-refractivity contribution is -0.911. The van der Waals surface area contributed by atoms with Gasteiger partial charge in [0.05, 0.1) is 38.6 Å². The minimum Gasteiger partial charge on any atom is -0.477 e. The van der Waals surface area contributed by atoms with Gasteiger partial charge in [0, 0.05) is 5.75 Å². The Morgan fingerprint density at radius 2 is 2.23 bits per heavy atom. The number of carboxylic acids is 1. The molecule has 6 nitrogen and oxygen atoms in total. The molecule has 1 N–H and O–H groups in total. The maximum atomic E-state index is 11.7. The summed E-state index contributed by atoms with van der Waals surface area (Å²) < 4.78 is 6.29. The van der Waals surface area contributed by atoms with Gasteiger partial charge in [-0.25, -0.2) is 4.79 Å². The van der Waals surface area contributed by atoms with Crippen molar-refractivity contribution in [3.8, 4) is 0 Å². The number of amides is 1. The normalized spacial score (nSPS) is 27.8. The van der Waals surface area contributed by atoms with Crippen LogP contribution in [0.4, 0.5) is 0 Å². The van der Waals surface area contributed by atoms with Gasteiger partial charge in [0.25, 0.3) is 0 Å². The first-order valence-corrected chi connectivity index (χ1v) is 8.53. The number of allylic oxidation sites excluding steroid dienone is 1. The second-order valence-corrected chi connectivity index (χ2v) is 7.34. The number of fused-ring (bicyclic) bond motifs is 1. The molecule has 0 spiro atoms. The van der Waals surface area contributed by atoms with Crippen LogP contribution in [0.1, 0.15) is 6.42 Å². The molecule has 0 saturated carbocycles. The fourth-order valence-electron chi connectivity index (χ4n) is 2.98. The van der Waals surface area contributed by atoms with E-state index in [9.17, 15) is 14.7 Å². The van der Waals surface area contributed by atoms with E-state index in [2.05, 4.69) is 7.05 Å². The van der Waals surface area contributed by atoms with E-state index >= 15 is 0 Å². The van der Waals surface area contributed by atoms with Gasteiger partial charge in [0.1, 0.15) is 18.8 Å². The van der Waals surface area contributed by atoms with Crippen molar-refractivity contribution in [3.63, 3.8) is 0 Å². The van der Waals surface area contributed by atoms with E-state index in [1.54, 1.807) is 11.8 Å². The number of hydrogen-bond donors (Lipinski definition) is 1. The Morgan fingerprint density at radius 1 is 1.50 bits per heavy atom. The number of ether oxygens (including phenoxy) is 1. The third-order valence-electron chi connectivity index (χ3n) is 4.50. The number of likely N-dealkylation sites (N-methyl/N-ethyl adjacent to an activating group) is 1. The molecule has 2 saturated heterocycles. The summed E-state index contributed by atoms with van der Waals surface area (Å²) in [5, 5.41) is 9.45. The fraction of sp³-hybridized carbons (Fsp3) is 0.600. The van der Waals surface area contributed by atoms with Crippen molar-refractivity contribution in [1.82, 2.24) is 4.90 Å². The highest BCUT2D eigenvalue weighted by Gasteiger charge is 2.44. The average Bonchev–Trinajstić information content (AvgIpc) is 2.47. The number of carboxylic acid groups (broad SMARTS) is 1. The zero-order valence-corrected chi connectivity index (χ0v) is 13.5. The van der Waals surface area contributed by atoms with Crippen LogP contribution in [0, 0.1) is 0 Å². The largest absolute Gasteiger partial charge is 0.477 e. The van der Waals surface area contributed by atoms with Crippen molar-refractivity contribution in [2.24, 2.45) is 0 Å². The molecule has 7 heteroatoms. The summed E-state index contributed by atoms with van der Waals surface area (Å²) in [4.78, 5) is 24.6. The lowest BCUT2D eigenvalue weighted by Gasteiger charge is -2.43. The summed E-state index contributed by atoms with van der Waals surface area (Å²) in [6.45, 7) is 4.33. The molecule has 2 fully saturated rings. The van der Waals surface area contributed by atoms with Gasteiger partial charge in [-0.2, -0.15) is 0 Å². The van der Waals surface area contributed by atoms with Gasteiger partial charge in [-0.1, -0.05) is 6.08 Å². The minimum absolute atomic E-state index is 0.0135. The first kappa shape index (κ1) is 15.6. The summed E-state index contributed by atoms with van der Waals surface area (Å²) in [7, 11) is 2.18. The SMILES string of the molecule is C[N+]1(C/C=C/C2=C(C(=O)O)N3C(=O)CC3SC2)CCOCC1. The molecule has 1 amide bonds. The molecule has 3 rings (SSSR count). The van der Waals surface area contributed by atoms with Crippen molar-refractivity contribution in [2.75, 3.05) is 45.6 Å². The zero-order valence-electron chi connectivity index (χ0n) is 12.7. The maximum Gasteiger partial charge on any atom is 0.352 e. The quantitative estimate of drug-likeness (QED) is 0.608. The highest BCUT2D eigenvalue weighted by molar-refractivity contribution is 8.00. The number of hydrogen-bond acceptors (Lipinski definition) is 4. The highest BCUT2D eigenvalue weighted by atomic mass is 32.2. The van der Waals surface area contributed by atoms with Crippen molar-refractivity contribution in [1.29, 1.82) is 0 Å². The maximum absolute atomic E-state index is 11.7. The fourth-order valence-corrected chi connectivity index (χ4v) is 4.22. The van der Waals surface area contributed by atoms with Crippen LogP contribution >= 0.6 is 11.8 Å². The van der Waals surface area contributed by atoms with Gasteiger partial charge in [-0.3, -0.25) is 9.69 Å². The third-order valence-corrected chi connectivity index (χ3v) is 5.74. The summed E-state index contributed by atoms with van der Waals surface area (Å²) in [6.07, 6.45) is 4.37. The smallest absolute Gasteiger partial charge is 0.352 e. The van der Waals surface area contributed by atoms with E-state index in [1.165, 1.54) is 4.90 Å². The Balaban J connectivity index is 1.74. The molecule has 3 aliphatic heterocycles. The van der Waals surface area contributed by atoms with Crippen molar-refractivity contribution < 1.29 is 23.9 Å². The minimum atomic E-state index is -1.01. The Kier molecular flexibility index (Phi) is 4.29. The van der Waals surface area contributed by atoms with Crippen molar-refractivity contribution in [3.05, 3.63) is 23.4 Å². The molecule has 22 heavy (non-hydrogen) atoms. The monoisotopic (exact) mass is 325 g/mol. The van der Waals surface area contributed by atoms with Gasteiger partial charge in [0.15, 0.2) is 0 Å². The van der Waals surface area contributed by atoms with Crippen LogP contribution in [0.3, 0.4) is 0 Å². The van der Waals surface area contributed by atoms with Gasteiger partial charge >= 0.3 is 5.97 Å². The van der Waals surface area contributed by atoms with E-state index in [-0.39, 0.29) is 17.0 Å². The molecule has 0 aromatic heterocycles. The van der Waals surface area contributed by atoms with E-state index < -0.39 is 5.97 Å². The van der Waals surface area contributed by atoms with Crippen LogP contribution < -0.4 is 0 Å². The lowest BCUT2D eigenvalue weighted by Crippen LogP contribution is -2.53. The Hall–Kier alpha value is -1.31. The Bertz CT molecular complexity index is 552. The molecule has 0 aromatic rings. The van der Waals surface area contributed by atoms with Crippen LogP contribution in [0.15, 0.2) is 23.4 Å². The lowest BCUT2D eigenvalue weighted by atomic mass is 10.1. The summed E-state index contributed by atoms with van der Waals surface area (Å²) >= 11 is 1.64. The first-order valence-electron chi connectivity index (χ1n) is 7.48. The number of carbonyl (C=O) groups excluding carboxylic acids is 1. The molecule has 1 unspecified atom stereocenters. The number of aliphatic carboxylic acids is 1. The molecule has 3 heterocycles. The molecule has 0 bridgehead atoms. The Morgan fingerprint density at radius 3 is 2.86 bits per heavy atom. The Labute approximate surface area is 134 Å². The molecular weight excluding hydrogens is 304 g/mol. The van der Waals surface area contributed by atoms with E-state index in [4.69, 9.17) is 4.74 Å². The van der Waals surface area contributed by atoms with Gasteiger partial charge < -0.3 is 14.3 Å². The number of morpholine rings is 1. The second kappa shape index (κ2) is 6.06. The van der Waals surface area contributed by atoms with Crippen LogP contribution in [0.5, 0.6) is 0 Å². The van der Waals surface area contributed by atoms with E-state index in [0.717, 1.165) is 42.9 Å². The predicted octanol–water partition coefficient (Wildman–Crippen LogP) is 0.663. The number of β-lactam (4-membered cyclic amide) rings is 1. The standard InChI is InChI=1S/C15H20N2O4S/c1-17(5-7-21-8-6-17)4-2-3-11-10-22-13-9-12(18)16(13)14(11)15(19)20/h2-3,13H,4-10H2,1H3/p+1/b3-2+. The topological polar surface area (TPSA) is 66.8 Å². The number of quaternary nitrogens is 1. The number of rotatable bonds is 4. The molecule has 0 aliphatic carbocycles. The molecule has 0 aromatic carbocycles. The highest BCUT2D eigenvalue weighted by Crippen LogP contribution is 2.40. The zero-order chi connectivity index (χ0) is 15.7. The van der Waals surface area contributed by atoms with Gasteiger partial charge in [-0.05, 0) is 11.6 Å². The van der Waals surface area contributed by atoms with Crippen molar-refractivity contribution >= 4 is 23.6 Å². The first-order chi connectivity index (χ1) is 10.5. The summed E-state index contributed by atoms with van der Waals surface area (Å²) in [6, 6.07) is 0. The molecule has 120 valence electrons. The molecule has 3 aliphatic rings. The molecular formula is C15H21N2O4S+. The van der Waals surface area contributed by atoms with E-state index in [0.29, 0.717) is 12.2 Å². The average molecular weight is 325 g/mol. The van der Waals surface area contributed by atoms with E-state index in [1.807, 2.05) is 12.2 Å². The van der Waals surface area contributed by atoms with Gasteiger partial charge in [-0.15, -0.1) is 11.8 Å². The predicted molar refractivity (Wildman–Crippen MR) is 83.1 cm³/mol. The summed E-state index contributed by atoms with van der Waals surface area (Å²) in [5.41, 5.74) is 0.905. The van der Waals surface area contributed by atoms with Crippen LogP contribution in [-0.2, 0) is 14.3 Å². The number of carbonyl (C=O) groups is 2. The van der Waals surface area contributed by atoms with Crippen LogP contribution in [0.2, 0.25) is 0 Å². The van der Waals surface area contributed by atoms with Crippen molar-refractivity contribution in [2.45, 2.75) is 11.8 Å². The number of thioether (sulfide) groups is 1. The van der Waals surface area contributed by atoms with Gasteiger partial charge in [0.2, 0.25) is 5.91 Å². The number of nitrogens with zero attached hydrogens (tertiary/aromatic N) is 2. The summed E-state index contributed by atoms with van der Waals surface area (Å²) in [5.74, 6) is -0.447. The van der Waals surface area contributed by atoms with Crippen LogP contribution in [-0.4, -0.2) is 77.4 Å². The molecule has 1 atom stereocenters. The second-order valence-electron chi connectivity index (χ2n) is 6.18. The third kappa shape index (κ3) is 2.93. The van der Waals surface area contributed by atoms with Crippen LogP contribution in [0.25, 0.3) is 0 Å².